The van der Waals surface area contributed by atoms with Crippen LogP contribution in [0.3, 0.4) is 0 Å². The number of fused-ring (bicyclic) bond motifs is 2. The van der Waals surface area contributed by atoms with Gasteiger partial charge in [0, 0.05) is 28.9 Å². The van der Waals surface area contributed by atoms with Gasteiger partial charge in [0.1, 0.15) is 13.2 Å². The van der Waals surface area contributed by atoms with Crippen LogP contribution in [0.15, 0.2) is 58.3 Å². The number of hydrogen-bond donors (Lipinski definition) is 2. The van der Waals surface area contributed by atoms with Crippen molar-refractivity contribution in [3.8, 4) is 23.0 Å². The van der Waals surface area contributed by atoms with Crippen LogP contribution in [0.2, 0.25) is 0 Å². The van der Waals surface area contributed by atoms with Crippen molar-refractivity contribution < 1.29 is 18.7 Å². The van der Waals surface area contributed by atoms with Crippen molar-refractivity contribution in [3.63, 3.8) is 0 Å². The number of amides is 1. The van der Waals surface area contributed by atoms with E-state index < -0.39 is 5.25 Å². The molecular weight excluding hydrogens is 404 g/mol. The van der Waals surface area contributed by atoms with E-state index in [9.17, 15) is 4.79 Å². The largest absolute Gasteiger partial charge is 0.486 e. The number of thioether (sulfide) groups is 1. The molecule has 30 heavy (non-hydrogen) atoms. The second-order valence-corrected chi connectivity index (χ2v) is 8.02. The van der Waals surface area contributed by atoms with Crippen molar-refractivity contribution in [1.29, 1.82) is 0 Å². The summed E-state index contributed by atoms with van der Waals surface area (Å²) in [5, 5.41) is 12.0. The van der Waals surface area contributed by atoms with E-state index in [1.54, 1.807) is 25.1 Å². The number of carbonyl (C=O) groups is 1. The predicted octanol–water partition coefficient (Wildman–Crippen LogP) is 4.11. The lowest BCUT2D eigenvalue weighted by atomic mass is 10.2. The molecule has 2 N–H and O–H groups in total. The summed E-state index contributed by atoms with van der Waals surface area (Å²) in [6.07, 6.45) is 1.84. The van der Waals surface area contributed by atoms with Crippen LogP contribution in [-0.4, -0.2) is 39.6 Å². The van der Waals surface area contributed by atoms with Gasteiger partial charge in [0.25, 0.3) is 11.1 Å². The number of para-hydroxylation sites is 1. The van der Waals surface area contributed by atoms with Gasteiger partial charge in [-0.2, -0.15) is 0 Å². The molecule has 1 atom stereocenters. The van der Waals surface area contributed by atoms with Gasteiger partial charge < -0.3 is 24.2 Å². The van der Waals surface area contributed by atoms with Gasteiger partial charge in [-0.25, -0.2) is 0 Å². The van der Waals surface area contributed by atoms with E-state index in [-0.39, 0.29) is 5.91 Å². The highest BCUT2D eigenvalue weighted by Gasteiger charge is 2.21. The first kappa shape index (κ1) is 18.6. The molecule has 152 valence electrons. The Hall–Kier alpha value is -3.46. The van der Waals surface area contributed by atoms with E-state index in [4.69, 9.17) is 13.9 Å². The number of benzene rings is 2. The molecule has 8 nitrogen and oxygen atoms in total. The molecule has 0 saturated heterocycles. The van der Waals surface area contributed by atoms with E-state index in [1.807, 2.05) is 30.5 Å². The number of aromatic amines is 1. The van der Waals surface area contributed by atoms with Gasteiger partial charge in [0.15, 0.2) is 11.5 Å². The molecule has 1 aliphatic rings. The molecule has 4 aromatic rings. The number of rotatable bonds is 5. The Kier molecular flexibility index (Phi) is 4.80. The maximum Gasteiger partial charge on any atom is 0.277 e. The first-order chi connectivity index (χ1) is 14.7. The second kappa shape index (κ2) is 7.75. The van der Waals surface area contributed by atoms with Crippen LogP contribution < -0.4 is 14.8 Å². The quantitative estimate of drug-likeness (QED) is 0.467. The fourth-order valence-corrected chi connectivity index (χ4v) is 3.87. The van der Waals surface area contributed by atoms with Crippen LogP contribution in [-0.2, 0) is 4.79 Å². The van der Waals surface area contributed by atoms with Crippen LogP contribution in [0, 0.1) is 0 Å². The van der Waals surface area contributed by atoms with E-state index in [2.05, 4.69) is 20.5 Å². The molecule has 0 saturated carbocycles. The minimum Gasteiger partial charge on any atom is -0.486 e. The zero-order valence-corrected chi connectivity index (χ0v) is 16.9. The maximum atomic E-state index is 12.6. The summed E-state index contributed by atoms with van der Waals surface area (Å²) in [5.41, 5.74) is 2.46. The fraction of sp³-hybridized carbons (Fsp3) is 0.190. The Morgan fingerprint density at radius 3 is 2.87 bits per heavy atom. The minimum atomic E-state index is -0.436. The molecule has 0 fully saturated rings. The molecule has 0 radical (unpaired) electrons. The monoisotopic (exact) mass is 422 g/mol. The molecule has 0 spiro atoms. The van der Waals surface area contributed by atoms with Gasteiger partial charge in [0.2, 0.25) is 5.91 Å². The van der Waals surface area contributed by atoms with Crippen molar-refractivity contribution in [2.45, 2.75) is 17.4 Å². The standard InChI is InChI=1S/C21H18N4O4S/c1-12(19(26)23-13-6-7-17-18(10-13)28-9-8-27-17)30-21-25-24-20(29-21)15-11-22-16-5-3-2-4-14(15)16/h2-7,10-12,22H,8-9H2,1H3,(H,23,26)/t12-/m0/s1. The van der Waals surface area contributed by atoms with Crippen LogP contribution in [0.4, 0.5) is 5.69 Å². The number of carbonyl (C=O) groups excluding carboxylic acids is 1. The SMILES string of the molecule is C[C@H](Sc1nnc(-c2c[nH]c3ccccc23)o1)C(=O)Nc1ccc2c(c1)OCCO2. The fourth-order valence-electron chi connectivity index (χ4n) is 3.18. The van der Waals surface area contributed by atoms with Crippen LogP contribution in [0.1, 0.15) is 6.92 Å². The van der Waals surface area contributed by atoms with Crippen LogP contribution >= 0.6 is 11.8 Å². The van der Waals surface area contributed by atoms with Crippen LogP contribution in [0.25, 0.3) is 22.4 Å². The molecule has 1 aliphatic heterocycles. The zero-order valence-electron chi connectivity index (χ0n) is 16.0. The average Bonchev–Trinajstić information content (AvgIpc) is 3.40. The molecule has 9 heteroatoms. The van der Waals surface area contributed by atoms with Crippen molar-refractivity contribution >= 4 is 34.3 Å². The summed E-state index contributed by atoms with van der Waals surface area (Å²) in [6.45, 7) is 2.80. The van der Waals surface area contributed by atoms with Gasteiger partial charge in [0.05, 0.1) is 10.8 Å². The van der Waals surface area contributed by atoms with Gasteiger partial charge in [-0.05, 0) is 25.1 Å². The lowest BCUT2D eigenvalue weighted by Gasteiger charge is -2.19. The first-order valence-corrected chi connectivity index (χ1v) is 10.3. The Bertz CT molecular complexity index is 1220. The summed E-state index contributed by atoms with van der Waals surface area (Å²) in [7, 11) is 0. The third-order valence-corrected chi connectivity index (χ3v) is 5.62. The lowest BCUT2D eigenvalue weighted by molar-refractivity contribution is -0.115. The van der Waals surface area contributed by atoms with E-state index in [0.29, 0.717) is 41.5 Å². The summed E-state index contributed by atoms with van der Waals surface area (Å²) >= 11 is 1.20. The van der Waals surface area contributed by atoms with Crippen LogP contribution in [0.5, 0.6) is 11.5 Å². The van der Waals surface area contributed by atoms with E-state index in [1.165, 1.54) is 11.8 Å². The number of nitrogens with zero attached hydrogens (tertiary/aromatic N) is 2. The molecule has 0 bridgehead atoms. The molecular formula is C21H18N4O4S. The highest BCUT2D eigenvalue weighted by atomic mass is 32.2. The van der Waals surface area contributed by atoms with E-state index >= 15 is 0 Å². The Labute approximate surface area is 176 Å². The number of ether oxygens (including phenoxy) is 2. The van der Waals surface area contributed by atoms with Crippen molar-refractivity contribution in [2.24, 2.45) is 0 Å². The maximum absolute atomic E-state index is 12.6. The second-order valence-electron chi connectivity index (χ2n) is 6.73. The van der Waals surface area contributed by atoms with Crippen molar-refractivity contribution in [3.05, 3.63) is 48.7 Å². The summed E-state index contributed by atoms with van der Waals surface area (Å²) in [6, 6.07) is 13.2. The molecule has 1 amide bonds. The van der Waals surface area contributed by atoms with Gasteiger partial charge in [-0.15, -0.1) is 10.2 Å². The molecule has 2 aromatic carbocycles. The molecule has 3 heterocycles. The van der Waals surface area contributed by atoms with Crippen molar-refractivity contribution in [1.82, 2.24) is 15.2 Å². The highest BCUT2D eigenvalue weighted by molar-refractivity contribution is 8.00. The molecule has 0 aliphatic carbocycles. The summed E-state index contributed by atoms with van der Waals surface area (Å²) in [4.78, 5) is 15.8. The number of hydrogen-bond acceptors (Lipinski definition) is 7. The number of aromatic nitrogens is 3. The zero-order chi connectivity index (χ0) is 20.5. The summed E-state index contributed by atoms with van der Waals surface area (Å²) < 4.78 is 16.8. The Morgan fingerprint density at radius 2 is 1.97 bits per heavy atom. The van der Waals surface area contributed by atoms with Gasteiger partial charge in [-0.3, -0.25) is 4.79 Å². The van der Waals surface area contributed by atoms with Gasteiger partial charge in [-0.1, -0.05) is 30.0 Å². The minimum absolute atomic E-state index is 0.177. The molecule has 5 rings (SSSR count). The number of H-pyrrole nitrogens is 1. The Morgan fingerprint density at radius 1 is 1.13 bits per heavy atom. The third kappa shape index (κ3) is 3.59. The van der Waals surface area contributed by atoms with E-state index in [0.717, 1.165) is 16.5 Å². The molecule has 0 unspecified atom stereocenters. The first-order valence-electron chi connectivity index (χ1n) is 9.44. The lowest BCUT2D eigenvalue weighted by Crippen LogP contribution is -2.22. The topological polar surface area (TPSA) is 102 Å². The highest BCUT2D eigenvalue weighted by Crippen LogP contribution is 2.34. The van der Waals surface area contributed by atoms with Gasteiger partial charge >= 0.3 is 0 Å². The van der Waals surface area contributed by atoms with Crippen molar-refractivity contribution in [2.75, 3.05) is 18.5 Å². The normalized spacial score (nSPS) is 13.9. The molecule has 2 aromatic heterocycles. The predicted molar refractivity (Wildman–Crippen MR) is 113 cm³/mol. The Balaban J connectivity index is 1.26. The number of anilines is 1. The average molecular weight is 422 g/mol. The third-order valence-electron chi connectivity index (χ3n) is 4.68. The number of nitrogens with one attached hydrogen (secondary N) is 2. The summed E-state index contributed by atoms with van der Waals surface area (Å²) in [5.74, 6) is 1.54. The smallest absolute Gasteiger partial charge is 0.277 e.